The molecule has 5 nitrogen and oxygen atoms in total. The molecule has 1 aliphatic rings. The fourth-order valence-corrected chi connectivity index (χ4v) is 1.79. The van der Waals surface area contributed by atoms with Gasteiger partial charge in [0.05, 0.1) is 6.10 Å². The van der Waals surface area contributed by atoms with Gasteiger partial charge in [-0.2, -0.15) is 15.0 Å². The number of hydrogen-bond acceptors (Lipinski definition) is 5. The number of rotatable bonds is 3. The van der Waals surface area contributed by atoms with Crippen molar-refractivity contribution in [2.45, 2.75) is 32.8 Å². The van der Waals surface area contributed by atoms with Crippen molar-refractivity contribution < 1.29 is 4.74 Å². The number of nitrogens with zero attached hydrogens (tertiary/aromatic N) is 4. The first-order valence-electron chi connectivity index (χ1n) is 5.48. The van der Waals surface area contributed by atoms with Crippen molar-refractivity contribution in [2.24, 2.45) is 0 Å². The third-order valence-electron chi connectivity index (χ3n) is 2.31. The summed E-state index contributed by atoms with van der Waals surface area (Å²) in [5.41, 5.74) is 0. The van der Waals surface area contributed by atoms with Crippen molar-refractivity contribution in [3.8, 4) is 6.01 Å². The molecular weight excluding hydrogens is 228 g/mol. The molecule has 0 bridgehead atoms. The lowest BCUT2D eigenvalue weighted by Gasteiger charge is -2.16. The van der Waals surface area contributed by atoms with Crippen LogP contribution in [0.1, 0.15) is 26.7 Å². The van der Waals surface area contributed by atoms with Gasteiger partial charge in [-0.1, -0.05) is 0 Å². The van der Waals surface area contributed by atoms with Crippen molar-refractivity contribution in [1.82, 2.24) is 15.0 Å². The first kappa shape index (κ1) is 11.4. The van der Waals surface area contributed by atoms with E-state index in [9.17, 15) is 0 Å². The van der Waals surface area contributed by atoms with E-state index in [1.54, 1.807) is 0 Å². The molecule has 0 unspecified atom stereocenters. The Labute approximate surface area is 99.8 Å². The van der Waals surface area contributed by atoms with E-state index in [2.05, 4.69) is 19.9 Å². The second kappa shape index (κ2) is 4.82. The molecule has 1 aliphatic heterocycles. The van der Waals surface area contributed by atoms with Crippen LogP contribution < -0.4 is 9.64 Å². The van der Waals surface area contributed by atoms with Crippen molar-refractivity contribution in [3.05, 3.63) is 5.28 Å². The van der Waals surface area contributed by atoms with Crippen molar-refractivity contribution >= 4 is 17.5 Å². The second-order valence-electron chi connectivity index (χ2n) is 4.05. The maximum absolute atomic E-state index is 5.84. The first-order chi connectivity index (χ1) is 7.65. The number of aromatic nitrogens is 3. The Hall–Kier alpha value is -1.10. The fraction of sp³-hybridized carbons (Fsp3) is 0.700. The van der Waals surface area contributed by atoms with Gasteiger partial charge in [0.1, 0.15) is 0 Å². The number of ether oxygens (including phenoxy) is 1. The van der Waals surface area contributed by atoms with Gasteiger partial charge < -0.3 is 9.64 Å². The Bertz CT molecular complexity index is 366. The van der Waals surface area contributed by atoms with Crippen LogP contribution in [0.25, 0.3) is 0 Å². The molecule has 16 heavy (non-hydrogen) atoms. The maximum Gasteiger partial charge on any atom is 0.322 e. The van der Waals surface area contributed by atoms with Crippen LogP contribution in [0.5, 0.6) is 6.01 Å². The summed E-state index contributed by atoms with van der Waals surface area (Å²) >= 11 is 5.84. The summed E-state index contributed by atoms with van der Waals surface area (Å²) < 4.78 is 5.42. The van der Waals surface area contributed by atoms with Crippen LogP contribution >= 0.6 is 11.6 Å². The Kier molecular flexibility index (Phi) is 3.43. The van der Waals surface area contributed by atoms with Gasteiger partial charge in [0.2, 0.25) is 11.2 Å². The molecule has 0 amide bonds. The highest BCUT2D eigenvalue weighted by Gasteiger charge is 2.17. The third kappa shape index (κ3) is 2.72. The van der Waals surface area contributed by atoms with Gasteiger partial charge >= 0.3 is 6.01 Å². The highest BCUT2D eigenvalue weighted by molar-refractivity contribution is 6.28. The quantitative estimate of drug-likeness (QED) is 0.811. The molecule has 0 N–H and O–H groups in total. The van der Waals surface area contributed by atoms with E-state index < -0.39 is 0 Å². The summed E-state index contributed by atoms with van der Waals surface area (Å²) in [6.07, 6.45) is 2.37. The summed E-state index contributed by atoms with van der Waals surface area (Å²) in [5, 5.41) is 0.188. The lowest BCUT2D eigenvalue weighted by molar-refractivity contribution is 0.221. The Morgan fingerprint density at radius 3 is 2.50 bits per heavy atom. The van der Waals surface area contributed by atoms with E-state index in [1.165, 1.54) is 12.8 Å². The van der Waals surface area contributed by atoms with E-state index in [-0.39, 0.29) is 11.4 Å². The monoisotopic (exact) mass is 242 g/mol. The maximum atomic E-state index is 5.84. The van der Waals surface area contributed by atoms with Crippen LogP contribution in [0.4, 0.5) is 5.95 Å². The second-order valence-corrected chi connectivity index (χ2v) is 4.39. The third-order valence-corrected chi connectivity index (χ3v) is 2.47. The standard InChI is InChI=1S/C10H15ClN4O/c1-7(2)16-10-13-8(11)12-9(14-10)15-5-3-4-6-15/h7H,3-6H2,1-2H3. The predicted molar refractivity (Wildman–Crippen MR) is 62.0 cm³/mol. The minimum absolute atomic E-state index is 0.0323. The van der Waals surface area contributed by atoms with E-state index >= 15 is 0 Å². The van der Waals surface area contributed by atoms with E-state index in [4.69, 9.17) is 16.3 Å². The molecule has 0 spiro atoms. The molecule has 0 aliphatic carbocycles. The van der Waals surface area contributed by atoms with Crippen LogP contribution in [0.2, 0.25) is 5.28 Å². The largest absolute Gasteiger partial charge is 0.461 e. The molecule has 0 atom stereocenters. The molecule has 0 saturated carbocycles. The van der Waals surface area contributed by atoms with Gasteiger partial charge in [0, 0.05) is 13.1 Å². The predicted octanol–water partition coefficient (Wildman–Crippen LogP) is 1.91. The van der Waals surface area contributed by atoms with Crippen LogP contribution in [0.3, 0.4) is 0 Å². The lowest BCUT2D eigenvalue weighted by Crippen LogP contribution is -2.21. The minimum Gasteiger partial charge on any atom is -0.461 e. The van der Waals surface area contributed by atoms with Crippen LogP contribution in [0.15, 0.2) is 0 Å². The Morgan fingerprint density at radius 2 is 1.88 bits per heavy atom. The number of hydrogen-bond donors (Lipinski definition) is 0. The van der Waals surface area contributed by atoms with Crippen LogP contribution in [0, 0.1) is 0 Å². The van der Waals surface area contributed by atoms with Crippen molar-refractivity contribution in [1.29, 1.82) is 0 Å². The van der Waals surface area contributed by atoms with E-state index in [1.807, 2.05) is 13.8 Å². The molecule has 88 valence electrons. The molecule has 0 radical (unpaired) electrons. The average Bonchev–Trinajstić information content (AvgIpc) is 2.67. The van der Waals surface area contributed by atoms with Crippen molar-refractivity contribution in [3.63, 3.8) is 0 Å². The zero-order chi connectivity index (χ0) is 11.5. The molecule has 1 saturated heterocycles. The van der Waals surface area contributed by atoms with Crippen LogP contribution in [-0.4, -0.2) is 34.1 Å². The molecule has 1 aromatic rings. The molecule has 6 heteroatoms. The number of halogens is 1. The van der Waals surface area contributed by atoms with E-state index in [0.717, 1.165) is 13.1 Å². The van der Waals surface area contributed by atoms with Crippen LogP contribution in [-0.2, 0) is 0 Å². The molecule has 1 fully saturated rings. The molecule has 1 aromatic heterocycles. The van der Waals surface area contributed by atoms with Gasteiger partial charge in [-0.25, -0.2) is 0 Å². The summed E-state index contributed by atoms with van der Waals surface area (Å²) in [6.45, 7) is 5.80. The summed E-state index contributed by atoms with van der Waals surface area (Å²) in [6, 6.07) is 0.303. The summed E-state index contributed by atoms with van der Waals surface area (Å²) in [4.78, 5) is 14.4. The highest BCUT2D eigenvalue weighted by atomic mass is 35.5. The zero-order valence-corrected chi connectivity index (χ0v) is 10.2. The highest BCUT2D eigenvalue weighted by Crippen LogP contribution is 2.19. The topological polar surface area (TPSA) is 51.1 Å². The molecule has 0 aromatic carbocycles. The van der Waals surface area contributed by atoms with Gasteiger partial charge in [0.15, 0.2) is 0 Å². The SMILES string of the molecule is CC(C)Oc1nc(Cl)nc(N2CCCC2)n1. The molecule has 2 heterocycles. The van der Waals surface area contributed by atoms with Gasteiger partial charge in [-0.15, -0.1) is 0 Å². The Balaban J connectivity index is 2.20. The van der Waals surface area contributed by atoms with Gasteiger partial charge in [-0.3, -0.25) is 0 Å². The van der Waals surface area contributed by atoms with Gasteiger partial charge in [-0.05, 0) is 38.3 Å². The summed E-state index contributed by atoms with van der Waals surface area (Å²) in [5.74, 6) is 0.619. The lowest BCUT2D eigenvalue weighted by atomic mass is 10.4. The molecule has 2 rings (SSSR count). The van der Waals surface area contributed by atoms with Crippen molar-refractivity contribution in [2.75, 3.05) is 18.0 Å². The minimum atomic E-state index is 0.0323. The Morgan fingerprint density at radius 1 is 1.19 bits per heavy atom. The normalized spacial score (nSPS) is 15.9. The zero-order valence-electron chi connectivity index (χ0n) is 9.48. The van der Waals surface area contributed by atoms with E-state index in [0.29, 0.717) is 12.0 Å². The number of anilines is 1. The fourth-order valence-electron chi connectivity index (χ4n) is 1.64. The smallest absolute Gasteiger partial charge is 0.322 e. The van der Waals surface area contributed by atoms with Gasteiger partial charge in [0.25, 0.3) is 0 Å². The average molecular weight is 243 g/mol. The first-order valence-corrected chi connectivity index (χ1v) is 5.86. The summed E-state index contributed by atoms with van der Waals surface area (Å²) in [7, 11) is 0. The molecular formula is C10H15ClN4O.